The zero-order valence-corrected chi connectivity index (χ0v) is 15.0. The fourth-order valence-electron chi connectivity index (χ4n) is 3.02. The van der Waals surface area contributed by atoms with E-state index in [1.54, 1.807) is 17.3 Å². The van der Waals surface area contributed by atoms with E-state index in [1.807, 2.05) is 31.2 Å². The highest BCUT2D eigenvalue weighted by atomic mass is 16.5. The van der Waals surface area contributed by atoms with Crippen LogP contribution < -0.4 is 0 Å². The smallest absolute Gasteiger partial charge is 0.227 e. The molecule has 4 rings (SSSR count). The number of morpholine rings is 1. The average Bonchev–Trinajstić information content (AvgIpc) is 3.36. The van der Waals surface area contributed by atoms with Crippen LogP contribution in [-0.4, -0.2) is 45.6 Å². The summed E-state index contributed by atoms with van der Waals surface area (Å²) in [5.74, 6) is 2.53. The van der Waals surface area contributed by atoms with E-state index in [0.717, 1.165) is 17.1 Å². The average molecular weight is 368 g/mol. The molecule has 0 unspecified atom stereocenters. The van der Waals surface area contributed by atoms with Crippen LogP contribution >= 0.6 is 0 Å². The highest BCUT2D eigenvalue weighted by Crippen LogP contribution is 2.24. The number of ether oxygens (including phenoxy) is 1. The van der Waals surface area contributed by atoms with Gasteiger partial charge in [-0.3, -0.25) is 9.78 Å². The first-order valence-corrected chi connectivity index (χ1v) is 8.88. The van der Waals surface area contributed by atoms with Crippen molar-refractivity contribution in [3.63, 3.8) is 0 Å². The Morgan fingerprint density at radius 3 is 3.04 bits per heavy atom. The number of amides is 1. The van der Waals surface area contributed by atoms with Crippen LogP contribution in [0.4, 0.5) is 0 Å². The highest BCUT2D eigenvalue weighted by Gasteiger charge is 2.27. The van der Waals surface area contributed by atoms with Gasteiger partial charge >= 0.3 is 0 Å². The molecule has 0 bridgehead atoms. The summed E-state index contributed by atoms with van der Waals surface area (Å²) in [7, 11) is 0. The van der Waals surface area contributed by atoms with Gasteiger partial charge in [0.05, 0.1) is 13.2 Å². The number of furan rings is 1. The Morgan fingerprint density at radius 1 is 1.33 bits per heavy atom. The van der Waals surface area contributed by atoms with E-state index in [0.29, 0.717) is 44.3 Å². The van der Waals surface area contributed by atoms with Gasteiger partial charge in [0.25, 0.3) is 0 Å². The Hall–Kier alpha value is -3.00. The second-order valence-corrected chi connectivity index (χ2v) is 6.40. The van der Waals surface area contributed by atoms with Gasteiger partial charge < -0.3 is 18.6 Å². The Balaban J connectivity index is 1.33. The maximum absolute atomic E-state index is 12.6. The predicted octanol–water partition coefficient (Wildman–Crippen LogP) is 2.57. The summed E-state index contributed by atoms with van der Waals surface area (Å²) in [5, 5.41) is 3.95. The summed E-state index contributed by atoms with van der Waals surface area (Å²) in [4.78, 5) is 22.7. The molecule has 27 heavy (non-hydrogen) atoms. The van der Waals surface area contributed by atoms with Gasteiger partial charge in [-0.15, -0.1) is 0 Å². The number of carbonyl (C=O) groups excluding carboxylic acids is 1. The van der Waals surface area contributed by atoms with E-state index >= 15 is 0 Å². The molecule has 1 amide bonds. The zero-order chi connectivity index (χ0) is 18.6. The lowest BCUT2D eigenvalue weighted by atomic mass is 10.2. The molecule has 0 aliphatic carbocycles. The van der Waals surface area contributed by atoms with Crippen LogP contribution in [0.1, 0.15) is 29.9 Å². The Bertz CT molecular complexity index is 905. The molecule has 1 saturated heterocycles. The Kier molecular flexibility index (Phi) is 4.97. The van der Waals surface area contributed by atoms with Gasteiger partial charge in [-0.05, 0) is 31.2 Å². The van der Waals surface area contributed by atoms with Crippen LogP contribution in [0.15, 0.2) is 45.6 Å². The summed E-state index contributed by atoms with van der Waals surface area (Å²) in [5.41, 5.74) is 0.781. The number of nitrogens with zero attached hydrogens (tertiary/aromatic N) is 4. The van der Waals surface area contributed by atoms with E-state index in [-0.39, 0.29) is 12.0 Å². The quantitative estimate of drug-likeness (QED) is 0.683. The molecular formula is C19H20N4O4. The Morgan fingerprint density at radius 2 is 2.26 bits per heavy atom. The SMILES string of the molecule is Cc1ccc([C@H]2CN(C(=O)CCc3nc(-c4cccnc4)no3)CCO2)o1. The normalized spacial score (nSPS) is 17.2. The lowest BCUT2D eigenvalue weighted by Gasteiger charge is -2.32. The molecule has 0 spiro atoms. The van der Waals surface area contributed by atoms with Crippen molar-refractivity contribution in [2.75, 3.05) is 19.7 Å². The minimum Gasteiger partial charge on any atom is -0.464 e. The highest BCUT2D eigenvalue weighted by molar-refractivity contribution is 5.76. The zero-order valence-electron chi connectivity index (χ0n) is 15.0. The molecular weight excluding hydrogens is 348 g/mol. The molecule has 0 aromatic carbocycles. The summed E-state index contributed by atoms with van der Waals surface area (Å²) in [6.45, 7) is 3.43. The van der Waals surface area contributed by atoms with Crippen molar-refractivity contribution in [3.8, 4) is 11.4 Å². The summed E-state index contributed by atoms with van der Waals surface area (Å²) >= 11 is 0. The van der Waals surface area contributed by atoms with Crippen LogP contribution in [0.5, 0.6) is 0 Å². The van der Waals surface area contributed by atoms with Crippen molar-refractivity contribution in [2.24, 2.45) is 0 Å². The molecule has 4 heterocycles. The number of aryl methyl sites for hydroxylation is 2. The fourth-order valence-corrected chi connectivity index (χ4v) is 3.02. The van der Waals surface area contributed by atoms with Gasteiger partial charge in [-0.2, -0.15) is 4.98 Å². The molecule has 0 saturated carbocycles. The first kappa shape index (κ1) is 17.4. The first-order chi connectivity index (χ1) is 13.2. The van der Waals surface area contributed by atoms with Crippen LogP contribution in [-0.2, 0) is 16.0 Å². The first-order valence-electron chi connectivity index (χ1n) is 8.88. The second kappa shape index (κ2) is 7.71. The minimum atomic E-state index is -0.225. The predicted molar refractivity (Wildman–Crippen MR) is 94.6 cm³/mol. The molecule has 1 atom stereocenters. The molecule has 8 heteroatoms. The van der Waals surface area contributed by atoms with E-state index in [9.17, 15) is 4.79 Å². The maximum atomic E-state index is 12.6. The fraction of sp³-hybridized carbons (Fsp3) is 0.368. The van der Waals surface area contributed by atoms with Crippen molar-refractivity contribution in [1.29, 1.82) is 0 Å². The molecule has 1 aliphatic heterocycles. The second-order valence-electron chi connectivity index (χ2n) is 6.40. The van der Waals surface area contributed by atoms with Gasteiger partial charge in [0.2, 0.25) is 17.6 Å². The van der Waals surface area contributed by atoms with Gasteiger partial charge in [0.15, 0.2) is 0 Å². The molecule has 1 fully saturated rings. The summed E-state index contributed by atoms with van der Waals surface area (Å²) < 4.78 is 16.6. The van der Waals surface area contributed by atoms with E-state index in [4.69, 9.17) is 13.7 Å². The van der Waals surface area contributed by atoms with Gasteiger partial charge in [-0.1, -0.05) is 5.16 Å². The molecule has 0 N–H and O–H groups in total. The van der Waals surface area contributed by atoms with E-state index in [1.165, 1.54) is 0 Å². The van der Waals surface area contributed by atoms with Crippen LogP contribution in [0, 0.1) is 6.92 Å². The lowest BCUT2D eigenvalue weighted by molar-refractivity contribution is -0.139. The van der Waals surface area contributed by atoms with Crippen molar-refractivity contribution in [1.82, 2.24) is 20.0 Å². The third-order valence-electron chi connectivity index (χ3n) is 4.44. The van der Waals surface area contributed by atoms with Gasteiger partial charge in [0, 0.05) is 37.3 Å². The van der Waals surface area contributed by atoms with Crippen molar-refractivity contribution in [2.45, 2.75) is 25.9 Å². The molecule has 140 valence electrons. The summed E-state index contributed by atoms with van der Waals surface area (Å²) in [6, 6.07) is 7.46. The Labute approximate surface area is 156 Å². The largest absolute Gasteiger partial charge is 0.464 e. The van der Waals surface area contributed by atoms with E-state index < -0.39 is 0 Å². The van der Waals surface area contributed by atoms with E-state index in [2.05, 4.69) is 15.1 Å². The third kappa shape index (κ3) is 4.06. The van der Waals surface area contributed by atoms with Crippen LogP contribution in [0.2, 0.25) is 0 Å². The monoisotopic (exact) mass is 368 g/mol. The standard InChI is InChI=1S/C19H20N4O4/c1-13-4-5-15(26-13)16-12-23(9-10-25-16)18(24)7-6-17-21-19(22-27-17)14-3-2-8-20-11-14/h2-5,8,11,16H,6-7,9-10,12H2,1H3/t16-/m1/s1. The number of aromatic nitrogens is 3. The van der Waals surface area contributed by atoms with Crippen molar-refractivity contribution in [3.05, 3.63) is 54.1 Å². The number of carbonyl (C=O) groups is 1. The van der Waals surface area contributed by atoms with Crippen molar-refractivity contribution < 1.29 is 18.5 Å². The molecule has 3 aromatic heterocycles. The number of hydrogen-bond donors (Lipinski definition) is 0. The van der Waals surface area contributed by atoms with Crippen LogP contribution in [0.25, 0.3) is 11.4 Å². The molecule has 3 aromatic rings. The van der Waals surface area contributed by atoms with Gasteiger partial charge in [-0.25, -0.2) is 0 Å². The number of pyridine rings is 1. The number of rotatable bonds is 5. The van der Waals surface area contributed by atoms with Crippen molar-refractivity contribution >= 4 is 5.91 Å². The maximum Gasteiger partial charge on any atom is 0.227 e. The molecule has 1 aliphatic rings. The lowest BCUT2D eigenvalue weighted by Crippen LogP contribution is -2.42. The van der Waals surface area contributed by atoms with Gasteiger partial charge in [0.1, 0.15) is 17.6 Å². The van der Waals surface area contributed by atoms with Crippen LogP contribution in [0.3, 0.4) is 0 Å². The molecule has 8 nitrogen and oxygen atoms in total. The minimum absolute atomic E-state index is 0.0349. The topological polar surface area (TPSA) is 94.5 Å². The summed E-state index contributed by atoms with van der Waals surface area (Å²) in [6.07, 6.45) is 3.83. The third-order valence-corrected chi connectivity index (χ3v) is 4.44. The molecule has 0 radical (unpaired) electrons. The number of hydrogen-bond acceptors (Lipinski definition) is 7.